The smallest absolute Gasteiger partial charge is 0.231 e. The molecule has 4 heterocycles. The molecule has 4 aliphatic heterocycles. The second-order valence-corrected chi connectivity index (χ2v) is 36.7. The molecular formula is C108H119ClO22. The van der Waals surface area contributed by atoms with E-state index in [1.165, 1.54) is 57.2 Å². The van der Waals surface area contributed by atoms with Crippen LogP contribution in [0.1, 0.15) is 149 Å². The van der Waals surface area contributed by atoms with E-state index in [-0.39, 0.29) is 200 Å². The second kappa shape index (κ2) is 41.4. The number of ether oxygens (including phenoxy) is 10. The Balaban J connectivity index is 0.000000120. The van der Waals surface area contributed by atoms with Crippen molar-refractivity contribution in [2.24, 2.45) is 59.2 Å². The third-order valence-corrected chi connectivity index (χ3v) is 28.8. The van der Waals surface area contributed by atoms with Crippen LogP contribution >= 0.6 is 11.6 Å². The lowest BCUT2D eigenvalue weighted by Gasteiger charge is -2.39. The first kappa shape index (κ1) is 93.2. The molecule has 11 aromatic rings. The van der Waals surface area contributed by atoms with Crippen molar-refractivity contribution in [2.45, 2.75) is 109 Å². The molecule has 20 rings (SSSR count). The van der Waals surface area contributed by atoms with E-state index < -0.39 is 0 Å². The molecule has 9 aliphatic rings. The van der Waals surface area contributed by atoms with Gasteiger partial charge in [0, 0.05) is 101 Å². The molecule has 12 N–H and O–H groups in total. The summed E-state index contributed by atoms with van der Waals surface area (Å²) in [7, 11) is 1.53. The fourth-order valence-corrected chi connectivity index (χ4v) is 21.7. The summed E-state index contributed by atoms with van der Waals surface area (Å²) in [6, 6.07) is 64.4. The summed E-state index contributed by atoms with van der Waals surface area (Å²) in [6.07, 6.45) is 3.77. The molecule has 0 saturated heterocycles. The molecule has 15 atom stereocenters. The Morgan fingerprint density at radius 3 is 1.04 bits per heavy atom. The first-order chi connectivity index (χ1) is 63.6. The van der Waals surface area contributed by atoms with Crippen molar-refractivity contribution >= 4 is 11.6 Å². The van der Waals surface area contributed by atoms with Gasteiger partial charge in [-0.1, -0.05) is 121 Å². The molecule has 22 nitrogen and oxygen atoms in total. The Kier molecular flexibility index (Phi) is 29.4. The molecule has 690 valence electrons. The van der Waals surface area contributed by atoms with Gasteiger partial charge in [-0.3, -0.25) is 0 Å². The van der Waals surface area contributed by atoms with Gasteiger partial charge in [-0.05, 0) is 335 Å². The summed E-state index contributed by atoms with van der Waals surface area (Å²) in [5.41, 5.74) is 23.4. The van der Waals surface area contributed by atoms with Crippen LogP contribution in [-0.4, -0.2) is 168 Å². The maximum atomic E-state index is 10.3. The molecule has 0 fully saturated rings. The lowest BCUT2D eigenvalue weighted by molar-refractivity contribution is 0.101. The van der Waals surface area contributed by atoms with Gasteiger partial charge in [0.2, 0.25) is 27.2 Å². The van der Waals surface area contributed by atoms with Gasteiger partial charge in [0.25, 0.3) is 0 Å². The number of hydrogen-bond donors (Lipinski definition) is 12. The van der Waals surface area contributed by atoms with Crippen LogP contribution < -0.4 is 47.4 Å². The fourth-order valence-electron chi connectivity index (χ4n) is 21.5. The predicted molar refractivity (Wildman–Crippen MR) is 497 cm³/mol. The summed E-state index contributed by atoms with van der Waals surface area (Å²) < 4.78 is 55.1. The third kappa shape index (κ3) is 19.3. The molecular weight excluding hydrogens is 1680 g/mol. The normalized spacial score (nSPS) is 23.3. The highest BCUT2D eigenvalue weighted by atomic mass is 35.5. The minimum Gasteiger partial charge on any atom is -0.508 e. The largest absolute Gasteiger partial charge is 0.508 e. The Labute approximate surface area is 769 Å². The summed E-state index contributed by atoms with van der Waals surface area (Å²) in [4.78, 5) is 0. The number of phenols is 2. The maximum Gasteiger partial charge on any atom is 0.231 e. The highest BCUT2D eigenvalue weighted by Crippen LogP contribution is 2.54. The van der Waals surface area contributed by atoms with Gasteiger partial charge in [0.05, 0.1) is 13.2 Å². The molecule has 11 aromatic carbocycles. The van der Waals surface area contributed by atoms with E-state index in [0.717, 1.165) is 143 Å². The van der Waals surface area contributed by atoms with E-state index >= 15 is 0 Å². The van der Waals surface area contributed by atoms with E-state index in [0.29, 0.717) is 17.9 Å². The highest BCUT2D eigenvalue weighted by molar-refractivity contribution is 6.31. The Morgan fingerprint density at radius 1 is 0.305 bits per heavy atom. The average molecular weight is 1800 g/mol. The molecule has 23 heteroatoms. The van der Waals surface area contributed by atoms with Crippen molar-refractivity contribution in [3.63, 3.8) is 0 Å². The molecule has 0 aromatic heterocycles. The molecule has 0 spiro atoms. The first-order valence-corrected chi connectivity index (χ1v) is 45.7. The molecule has 0 radical (unpaired) electrons. The van der Waals surface area contributed by atoms with E-state index in [4.69, 9.17) is 59.0 Å². The lowest BCUT2D eigenvalue weighted by Crippen LogP contribution is -2.35. The van der Waals surface area contributed by atoms with E-state index in [2.05, 4.69) is 80.6 Å². The number of aliphatic hydroxyl groups excluding tert-OH is 10. The monoisotopic (exact) mass is 1800 g/mol. The van der Waals surface area contributed by atoms with Crippen molar-refractivity contribution < 1.29 is 109 Å². The number of aromatic hydroxyl groups is 2. The zero-order valence-electron chi connectivity index (χ0n) is 75.0. The summed E-state index contributed by atoms with van der Waals surface area (Å²) in [5.74, 6) is 6.86. The number of aryl methyl sites for hydroxylation is 4. The zero-order chi connectivity index (χ0) is 92.0. The van der Waals surface area contributed by atoms with E-state index in [9.17, 15) is 61.3 Å². The Hall–Kier alpha value is -11.1. The Bertz CT molecular complexity index is 5580. The number of aliphatic hydroxyl groups is 10. The molecule has 5 aliphatic carbocycles. The number of halogens is 1. The van der Waals surface area contributed by atoms with Crippen molar-refractivity contribution in [1.82, 2.24) is 0 Å². The van der Waals surface area contributed by atoms with E-state index in [1.807, 2.05) is 143 Å². The van der Waals surface area contributed by atoms with Gasteiger partial charge in [-0.2, -0.15) is 0 Å². The first-order valence-electron chi connectivity index (χ1n) is 45.4. The maximum absolute atomic E-state index is 10.3. The van der Waals surface area contributed by atoms with Crippen LogP contribution in [0.15, 0.2) is 194 Å². The van der Waals surface area contributed by atoms with Gasteiger partial charge < -0.3 is 109 Å². The third-order valence-electron chi connectivity index (χ3n) is 28.4. The highest BCUT2D eigenvalue weighted by Gasteiger charge is 2.44. The van der Waals surface area contributed by atoms with Crippen LogP contribution in [-0.2, 0) is 32.1 Å². The molecule has 5 unspecified atom stereocenters. The van der Waals surface area contributed by atoms with Crippen molar-refractivity contribution in [2.75, 3.05) is 100 Å². The molecule has 0 amide bonds. The summed E-state index contributed by atoms with van der Waals surface area (Å²) in [5, 5.41) is 121. The van der Waals surface area contributed by atoms with Crippen molar-refractivity contribution in [1.29, 1.82) is 0 Å². The number of methoxy groups -OCH3 is 1. The average Bonchev–Trinajstić information content (AvgIpc) is 0.892. The van der Waals surface area contributed by atoms with Crippen LogP contribution in [0.4, 0.5) is 0 Å². The van der Waals surface area contributed by atoms with Crippen LogP contribution in [0.3, 0.4) is 0 Å². The SMILES string of the molecule is CC(C)Oc1ccc2c(c1)C(c1ccc3c(c1)OCO3)[C@H](CO)[C@@H](CO)C2.COc1cc(C2c3cc(C)c(C)cc3C[C@H](CO)[C@H]2CO)ccc1O.Cc1cc2c(cc1Cl)C(c1ccc3c(c1)OCO3)[C@H](CO)[C@@H](CO)C2.Cc1cc2c(cc1O)C[C@H](CO)[C@@H](CO)C2c1ccc2c(c1)OCO2.OC[C@H]1Cc2ccc(-c3ccccc3)cc2C(c2ccc3c(c2)OCO3)[C@@H]1CO. The lowest BCUT2D eigenvalue weighted by atomic mass is 9.66. The molecule has 131 heavy (non-hydrogen) atoms. The van der Waals surface area contributed by atoms with Crippen LogP contribution in [0.25, 0.3) is 11.1 Å². The van der Waals surface area contributed by atoms with Gasteiger partial charge >= 0.3 is 0 Å². The molecule has 0 saturated carbocycles. The van der Waals surface area contributed by atoms with E-state index in [1.54, 1.807) is 12.1 Å². The number of rotatable bonds is 19. The number of phenolic OH excluding ortho intramolecular Hbond substituents is 2. The van der Waals surface area contributed by atoms with Gasteiger partial charge in [-0.25, -0.2) is 0 Å². The predicted octanol–water partition coefficient (Wildman–Crippen LogP) is 15.6. The Morgan fingerprint density at radius 2 is 0.641 bits per heavy atom. The summed E-state index contributed by atoms with van der Waals surface area (Å²) in [6.45, 7) is 13.2. The van der Waals surface area contributed by atoms with Crippen LogP contribution in [0.2, 0.25) is 5.02 Å². The quantitative estimate of drug-likeness (QED) is 0.0358. The van der Waals surface area contributed by atoms with Crippen molar-refractivity contribution in [3.05, 3.63) is 305 Å². The summed E-state index contributed by atoms with van der Waals surface area (Å²) >= 11 is 6.40. The molecule has 0 bridgehead atoms. The van der Waals surface area contributed by atoms with Crippen molar-refractivity contribution in [3.8, 4) is 80.1 Å². The van der Waals surface area contributed by atoms with Crippen LogP contribution in [0.5, 0.6) is 69.0 Å². The number of hydrogen-bond acceptors (Lipinski definition) is 22. The van der Waals surface area contributed by atoms with Gasteiger partial charge in [0.15, 0.2) is 57.5 Å². The zero-order valence-corrected chi connectivity index (χ0v) is 75.7. The fraction of sp³-hybridized carbons (Fsp3) is 0.389. The number of fused-ring (bicyclic) bond motifs is 9. The second-order valence-electron chi connectivity index (χ2n) is 36.3. The van der Waals surface area contributed by atoms with Gasteiger partial charge in [0.1, 0.15) is 11.5 Å². The minimum absolute atomic E-state index is 0.000354. The standard InChI is InChI=1S/C25H24O4.C22H26O5.C21H26O4.C20H21ClO4.C20H22O5/c26-13-20-10-18-7-6-17(16-4-2-1-3-5-16)11-21(18)25(22(20)14-27)19-8-9-23-24(12-19)29-15-28-23;1-13(2)27-17-5-3-14-7-16(10-23)19(11-24)22(18(14)9-17)15-4-6-20-21(8-15)26-12-25-20;1-12-6-15-8-16(10-22)18(11-23)21(17(15)7-13(12)2)14-4-5-19(24)20(9-14)25-3;1-11-4-13-5-14(8-22)16(9-23)20(15(13)7-17(11)21)12-2-3-18-19(6-12)25-10-24-18;1-11-4-15-13(6-17(11)23)5-14(8-21)16(9-22)20(15)12-2-3-18-19(7-12)25-10-24-18/h1-9,11-12,20,22,25-27H,10,13-15H2;3-6,8-9,13,16,19,22-24H,7,10-12H2,1-2H3;4-7,9,16,18,21-24H,8,10-11H2,1-3H3;2-4,6-7,14,16,20,22-23H,5,8-10H2,1H3;2-4,6-7,14,16,20-23H,5,8-10H2,1H3/t20-,22-,25?;16-,19-,22?;16-,18-,21?;2*14-,16-,20?/m11111/s1. The van der Waals surface area contributed by atoms with Crippen LogP contribution in [0, 0.1) is 86.9 Å². The topological polar surface area (TPSA) is 335 Å². The number of benzene rings is 11. The minimum atomic E-state index is -0.0955. The van der Waals surface area contributed by atoms with Gasteiger partial charge in [-0.15, -0.1) is 0 Å².